The largest absolute Gasteiger partial charge is 0.479 e. The van der Waals surface area contributed by atoms with Crippen LogP contribution in [0.15, 0.2) is 0 Å². The quantitative estimate of drug-likeness (QED) is 0.451. The van der Waals surface area contributed by atoms with Crippen LogP contribution in [0.3, 0.4) is 0 Å². The average Bonchev–Trinajstić information content (AvgIpc) is 2.58. The molecule has 0 bridgehead atoms. The number of rotatable bonds is 1. The van der Waals surface area contributed by atoms with Crippen LogP contribution in [0.25, 0.3) is 0 Å². The Morgan fingerprint density at radius 1 is 1.21 bits per heavy atom. The first-order valence-electron chi connectivity index (χ1n) is 4.09. The highest BCUT2D eigenvalue weighted by Gasteiger charge is 2.51. The van der Waals surface area contributed by atoms with Crippen molar-refractivity contribution >= 4 is 5.97 Å². The van der Waals surface area contributed by atoms with Gasteiger partial charge in [-0.1, -0.05) is 0 Å². The van der Waals surface area contributed by atoms with Gasteiger partial charge in [-0.25, -0.2) is 4.79 Å². The van der Waals surface area contributed by atoms with Crippen LogP contribution in [-0.2, 0) is 19.0 Å². The monoisotopic (exact) mass is 206 g/mol. The lowest BCUT2D eigenvalue weighted by Gasteiger charge is -2.35. The Kier molecular flexibility index (Phi) is 2.41. The van der Waals surface area contributed by atoms with Crippen LogP contribution in [-0.4, -0.2) is 58.8 Å². The van der Waals surface area contributed by atoms with Crippen LogP contribution in [0.4, 0.5) is 0 Å². The van der Waals surface area contributed by atoms with Gasteiger partial charge in [-0.2, -0.15) is 0 Å². The van der Waals surface area contributed by atoms with Gasteiger partial charge in [0.1, 0.15) is 18.3 Å². The molecule has 0 spiro atoms. The number of carboxylic acids is 1. The molecular formula is C7H10O7. The Balaban J connectivity index is 2.14. The molecule has 5 unspecified atom stereocenters. The second-order valence-electron chi connectivity index (χ2n) is 3.16. The van der Waals surface area contributed by atoms with Crippen LogP contribution < -0.4 is 0 Å². The minimum absolute atomic E-state index is 0.0779. The lowest BCUT2D eigenvalue weighted by molar-refractivity contribution is -0.247. The third kappa shape index (κ3) is 1.39. The second-order valence-corrected chi connectivity index (χ2v) is 3.16. The van der Waals surface area contributed by atoms with Gasteiger partial charge in [0.15, 0.2) is 19.2 Å². The minimum atomic E-state index is -1.50. The molecule has 80 valence electrons. The van der Waals surface area contributed by atoms with Gasteiger partial charge in [0.2, 0.25) is 0 Å². The molecule has 0 aromatic carbocycles. The smallest absolute Gasteiger partial charge is 0.335 e. The predicted octanol–water partition coefficient (Wildman–Crippen LogP) is -2.11. The lowest BCUT2D eigenvalue weighted by Crippen LogP contribution is -2.58. The normalized spacial score (nSPS) is 47.4. The van der Waals surface area contributed by atoms with Crippen molar-refractivity contribution in [3.63, 3.8) is 0 Å². The molecule has 5 atom stereocenters. The van der Waals surface area contributed by atoms with Crippen molar-refractivity contribution in [3.8, 4) is 0 Å². The predicted molar refractivity (Wildman–Crippen MR) is 39.1 cm³/mol. The number of carbonyl (C=O) groups is 1. The van der Waals surface area contributed by atoms with E-state index in [0.29, 0.717) is 0 Å². The number of ether oxygens (including phenoxy) is 3. The molecule has 3 N–H and O–H groups in total. The van der Waals surface area contributed by atoms with E-state index in [1.165, 1.54) is 0 Å². The number of carboxylic acid groups (broad SMARTS) is 1. The molecule has 0 radical (unpaired) electrons. The summed E-state index contributed by atoms with van der Waals surface area (Å²) in [5.41, 5.74) is 0. The van der Waals surface area contributed by atoms with E-state index in [4.69, 9.17) is 19.3 Å². The van der Waals surface area contributed by atoms with E-state index in [2.05, 4.69) is 0 Å². The third-order valence-electron chi connectivity index (χ3n) is 2.28. The first kappa shape index (κ1) is 9.81. The summed E-state index contributed by atoms with van der Waals surface area (Å²) in [5, 5.41) is 27.5. The third-order valence-corrected chi connectivity index (χ3v) is 2.28. The van der Waals surface area contributed by atoms with Gasteiger partial charge in [-0.05, 0) is 0 Å². The molecule has 7 heteroatoms. The summed E-state index contributed by atoms with van der Waals surface area (Å²) in [5.74, 6) is -1.34. The van der Waals surface area contributed by atoms with Crippen LogP contribution in [0, 0.1) is 0 Å². The van der Waals surface area contributed by atoms with Gasteiger partial charge in [-0.3, -0.25) is 0 Å². The molecule has 0 aliphatic carbocycles. The molecule has 2 aliphatic heterocycles. The summed E-state index contributed by atoms with van der Waals surface area (Å²) in [4.78, 5) is 10.6. The topological polar surface area (TPSA) is 105 Å². The average molecular weight is 206 g/mol. The maximum Gasteiger partial charge on any atom is 0.335 e. The maximum atomic E-state index is 10.6. The summed E-state index contributed by atoms with van der Waals surface area (Å²) in [6.45, 7) is -0.0779. The van der Waals surface area contributed by atoms with Crippen LogP contribution in [0.5, 0.6) is 0 Å². The molecule has 2 saturated heterocycles. The Hall–Kier alpha value is -0.730. The number of aliphatic carboxylic acids is 1. The first-order chi connectivity index (χ1) is 6.61. The summed E-state index contributed by atoms with van der Waals surface area (Å²) < 4.78 is 14.7. The fourth-order valence-corrected chi connectivity index (χ4v) is 1.54. The number of fused-ring (bicyclic) bond motifs is 1. The molecule has 2 rings (SSSR count). The molecule has 2 heterocycles. The SMILES string of the molecule is O=C(O)C1OC2OCOC2C(O)C1O. The van der Waals surface area contributed by atoms with Gasteiger partial charge < -0.3 is 29.5 Å². The van der Waals surface area contributed by atoms with E-state index >= 15 is 0 Å². The molecule has 14 heavy (non-hydrogen) atoms. The summed E-state index contributed by atoms with van der Waals surface area (Å²) in [6.07, 6.45) is -6.03. The lowest BCUT2D eigenvalue weighted by atomic mass is 9.99. The Labute approximate surface area is 78.8 Å². The van der Waals surface area contributed by atoms with Crippen molar-refractivity contribution < 1.29 is 34.3 Å². The van der Waals surface area contributed by atoms with Gasteiger partial charge in [0.05, 0.1) is 0 Å². The standard InChI is InChI=1S/C7H10O7/c8-2-3(9)5-7(13-1-12-5)14-4(2)6(10)11/h2-5,7-9H,1H2,(H,10,11). The first-order valence-corrected chi connectivity index (χ1v) is 4.09. The van der Waals surface area contributed by atoms with E-state index in [0.717, 1.165) is 0 Å². The summed E-state index contributed by atoms with van der Waals surface area (Å²) >= 11 is 0. The Morgan fingerprint density at radius 2 is 1.93 bits per heavy atom. The van der Waals surface area contributed by atoms with E-state index in [-0.39, 0.29) is 6.79 Å². The molecule has 2 fully saturated rings. The molecule has 0 aromatic rings. The zero-order chi connectivity index (χ0) is 10.3. The zero-order valence-electron chi connectivity index (χ0n) is 7.07. The zero-order valence-corrected chi connectivity index (χ0v) is 7.07. The van der Waals surface area contributed by atoms with Crippen molar-refractivity contribution in [1.29, 1.82) is 0 Å². The number of hydrogen-bond acceptors (Lipinski definition) is 6. The number of aliphatic hydroxyl groups is 2. The Morgan fingerprint density at radius 3 is 2.57 bits per heavy atom. The van der Waals surface area contributed by atoms with Crippen LogP contribution >= 0.6 is 0 Å². The van der Waals surface area contributed by atoms with E-state index in [1.807, 2.05) is 0 Å². The molecule has 2 aliphatic rings. The molecule has 0 saturated carbocycles. The van der Waals surface area contributed by atoms with Crippen LogP contribution in [0.1, 0.15) is 0 Å². The molecule has 0 aromatic heterocycles. The summed E-state index contributed by atoms with van der Waals surface area (Å²) in [6, 6.07) is 0. The van der Waals surface area contributed by atoms with Crippen LogP contribution in [0.2, 0.25) is 0 Å². The van der Waals surface area contributed by atoms with Gasteiger partial charge in [0.25, 0.3) is 0 Å². The highest BCUT2D eigenvalue weighted by Crippen LogP contribution is 2.28. The van der Waals surface area contributed by atoms with Crippen molar-refractivity contribution in [3.05, 3.63) is 0 Å². The second kappa shape index (κ2) is 3.44. The van der Waals surface area contributed by atoms with E-state index < -0.39 is 36.7 Å². The van der Waals surface area contributed by atoms with Gasteiger partial charge in [-0.15, -0.1) is 0 Å². The van der Waals surface area contributed by atoms with Crippen molar-refractivity contribution in [2.24, 2.45) is 0 Å². The maximum absolute atomic E-state index is 10.6. The fraction of sp³-hybridized carbons (Fsp3) is 0.857. The number of hydrogen-bond donors (Lipinski definition) is 3. The van der Waals surface area contributed by atoms with Gasteiger partial charge >= 0.3 is 5.97 Å². The number of aliphatic hydroxyl groups excluding tert-OH is 2. The van der Waals surface area contributed by atoms with Crippen molar-refractivity contribution in [2.75, 3.05) is 6.79 Å². The van der Waals surface area contributed by atoms with Crippen molar-refractivity contribution in [2.45, 2.75) is 30.7 Å². The molecule has 7 nitrogen and oxygen atoms in total. The minimum Gasteiger partial charge on any atom is -0.479 e. The van der Waals surface area contributed by atoms with E-state index in [9.17, 15) is 15.0 Å². The Bertz CT molecular complexity index is 242. The van der Waals surface area contributed by atoms with Gasteiger partial charge in [0, 0.05) is 0 Å². The fourth-order valence-electron chi connectivity index (χ4n) is 1.54. The van der Waals surface area contributed by atoms with E-state index in [1.54, 1.807) is 0 Å². The highest BCUT2D eigenvalue weighted by atomic mass is 16.8. The highest BCUT2D eigenvalue weighted by molar-refractivity contribution is 5.73. The van der Waals surface area contributed by atoms with Crippen molar-refractivity contribution in [1.82, 2.24) is 0 Å². The molecular weight excluding hydrogens is 196 g/mol. The molecule has 0 amide bonds. The summed E-state index contributed by atoms with van der Waals surface area (Å²) in [7, 11) is 0.